The number of hydrogen-bond donors (Lipinski definition) is 2. The molecule has 0 saturated heterocycles. The smallest absolute Gasteiger partial charge is 0.248 e. The number of thiazole rings is 1. The maximum Gasteiger partial charge on any atom is 0.248 e. The van der Waals surface area contributed by atoms with Gasteiger partial charge in [0.1, 0.15) is 43.5 Å². The van der Waals surface area contributed by atoms with Gasteiger partial charge in [0.15, 0.2) is 0 Å². The lowest BCUT2D eigenvalue weighted by Gasteiger charge is -2.17. The zero-order valence-electron chi connectivity index (χ0n) is 18.3. The molecule has 0 aliphatic heterocycles. The van der Waals surface area contributed by atoms with E-state index >= 15 is 0 Å². The molecule has 4 aromatic rings. The highest BCUT2D eigenvalue weighted by atomic mass is 35.5. The van der Waals surface area contributed by atoms with Gasteiger partial charge in [-0.25, -0.2) is 15.0 Å². The average Bonchev–Trinajstić information content (AvgIpc) is 3.37. The minimum absolute atomic E-state index is 0.243. The van der Waals surface area contributed by atoms with Crippen LogP contribution in [0.15, 0.2) is 53.6 Å². The number of ether oxygens (including phenoxy) is 2. The highest BCUT2D eigenvalue weighted by molar-refractivity contribution is 7.07. The van der Waals surface area contributed by atoms with Crippen molar-refractivity contribution in [2.24, 2.45) is 0 Å². The molecule has 0 fully saturated rings. The Balaban J connectivity index is 1.50. The number of hydrogen-bond acceptors (Lipinski definition) is 9. The second-order valence-electron chi connectivity index (χ2n) is 7.23. The van der Waals surface area contributed by atoms with Gasteiger partial charge in [0.25, 0.3) is 0 Å². The molecule has 0 spiro atoms. The Kier molecular flexibility index (Phi) is 7.73. The zero-order chi connectivity index (χ0) is 23.9. The summed E-state index contributed by atoms with van der Waals surface area (Å²) in [6, 6.07) is 10.9. The second-order valence-corrected chi connectivity index (χ2v) is 8.36. The normalized spacial score (nSPS) is 10.8. The molecule has 4 rings (SSSR count). The molecule has 1 amide bonds. The zero-order valence-corrected chi connectivity index (χ0v) is 19.8. The predicted molar refractivity (Wildman–Crippen MR) is 131 cm³/mol. The first kappa shape index (κ1) is 23.7. The van der Waals surface area contributed by atoms with E-state index in [1.165, 1.54) is 22.6 Å². The van der Waals surface area contributed by atoms with Gasteiger partial charge in [0.2, 0.25) is 5.91 Å². The molecule has 2 N–H and O–H groups in total. The number of aliphatic hydroxyl groups is 1. The number of fused-ring (bicyclic) bond motifs is 1. The van der Waals surface area contributed by atoms with E-state index in [2.05, 4.69) is 20.3 Å². The second kappa shape index (κ2) is 11.1. The van der Waals surface area contributed by atoms with Crippen molar-refractivity contribution in [3.63, 3.8) is 0 Å². The molecule has 0 radical (unpaired) electrons. The number of amides is 1. The fraction of sp³-hybridized carbons (Fsp3) is 0.217. The molecule has 0 atom stereocenters. The molecule has 0 aliphatic rings. The van der Waals surface area contributed by atoms with Crippen molar-refractivity contribution in [1.29, 1.82) is 0 Å². The molecular formula is C23H22ClN5O4S. The Morgan fingerprint density at radius 2 is 2.06 bits per heavy atom. The number of likely N-dealkylation sites (N-methyl/N-ethyl adjacent to an activating group) is 1. The van der Waals surface area contributed by atoms with Crippen LogP contribution in [0.3, 0.4) is 0 Å². The number of anilines is 2. The van der Waals surface area contributed by atoms with Crippen LogP contribution in [0.5, 0.6) is 11.5 Å². The number of nitrogens with zero attached hydrogens (tertiary/aromatic N) is 4. The maximum atomic E-state index is 11.5. The molecular weight excluding hydrogens is 478 g/mol. The van der Waals surface area contributed by atoms with Crippen molar-refractivity contribution < 1.29 is 19.4 Å². The van der Waals surface area contributed by atoms with Gasteiger partial charge in [-0.3, -0.25) is 4.79 Å². The van der Waals surface area contributed by atoms with Crippen LogP contribution in [0.4, 0.5) is 11.5 Å². The Hall–Kier alpha value is -3.47. The summed E-state index contributed by atoms with van der Waals surface area (Å²) in [5, 5.41) is 15.3. The van der Waals surface area contributed by atoms with Crippen LogP contribution in [-0.2, 0) is 11.4 Å². The van der Waals surface area contributed by atoms with E-state index in [0.717, 1.165) is 5.69 Å². The summed E-state index contributed by atoms with van der Waals surface area (Å²) in [4.78, 5) is 25.9. The van der Waals surface area contributed by atoms with Crippen molar-refractivity contribution in [3.05, 3.63) is 64.3 Å². The first-order valence-corrected chi connectivity index (χ1v) is 11.6. The lowest BCUT2D eigenvalue weighted by atomic mass is 10.2. The van der Waals surface area contributed by atoms with Gasteiger partial charge in [0.05, 0.1) is 33.7 Å². The van der Waals surface area contributed by atoms with Crippen LogP contribution in [0.2, 0.25) is 5.02 Å². The van der Waals surface area contributed by atoms with Crippen molar-refractivity contribution in [2.75, 3.05) is 32.1 Å². The lowest BCUT2D eigenvalue weighted by molar-refractivity contribution is -0.133. The molecule has 9 nitrogen and oxygen atoms in total. The number of aromatic nitrogens is 3. The number of nitrogens with one attached hydrogen (secondary N) is 1. The molecule has 0 aliphatic carbocycles. The van der Waals surface area contributed by atoms with Crippen molar-refractivity contribution in [2.45, 2.75) is 6.61 Å². The molecule has 2 aromatic heterocycles. The first-order valence-electron chi connectivity index (χ1n) is 10.3. The standard InChI is InChI=1S/C23H22ClN5O4S/c1-29(21(31)10-30)7-8-32-20-4-2-3-18-22(20)23(26-13-25-18)28-15-5-6-19(17(24)9-15)33-11-16-12-34-14-27-16/h2-6,9,12-14,30H,7-8,10-11H2,1H3,(H,25,26,28). The van der Waals surface area contributed by atoms with Gasteiger partial charge in [-0.05, 0) is 30.3 Å². The maximum absolute atomic E-state index is 11.5. The van der Waals surface area contributed by atoms with Crippen molar-refractivity contribution >= 4 is 51.3 Å². The predicted octanol–water partition coefficient (Wildman–Crippen LogP) is 3.89. The van der Waals surface area contributed by atoms with E-state index in [1.54, 1.807) is 24.7 Å². The molecule has 0 bridgehead atoms. The highest BCUT2D eigenvalue weighted by Gasteiger charge is 2.13. The number of aliphatic hydroxyl groups excluding tert-OH is 1. The Morgan fingerprint density at radius 1 is 1.18 bits per heavy atom. The van der Waals surface area contributed by atoms with E-state index in [1.807, 2.05) is 29.6 Å². The molecule has 0 saturated carbocycles. The van der Waals surface area contributed by atoms with Crippen LogP contribution in [-0.4, -0.2) is 57.7 Å². The summed E-state index contributed by atoms with van der Waals surface area (Å²) in [5.74, 6) is 1.30. The molecule has 11 heteroatoms. The van der Waals surface area contributed by atoms with Crippen molar-refractivity contribution in [3.8, 4) is 11.5 Å². The summed E-state index contributed by atoms with van der Waals surface area (Å²) in [7, 11) is 1.61. The largest absolute Gasteiger partial charge is 0.491 e. The van der Waals surface area contributed by atoms with Crippen LogP contribution in [0.25, 0.3) is 10.9 Å². The van der Waals surface area contributed by atoms with Gasteiger partial charge < -0.3 is 24.8 Å². The van der Waals surface area contributed by atoms with E-state index in [9.17, 15) is 4.79 Å². The third-order valence-corrected chi connectivity index (χ3v) is 5.85. The number of carbonyl (C=O) groups excluding carboxylic acids is 1. The van der Waals surface area contributed by atoms with Crippen molar-refractivity contribution in [1.82, 2.24) is 19.9 Å². The minimum Gasteiger partial charge on any atom is -0.491 e. The van der Waals surface area contributed by atoms with Gasteiger partial charge in [-0.2, -0.15) is 0 Å². The van der Waals surface area contributed by atoms with E-state index in [4.69, 9.17) is 26.2 Å². The van der Waals surface area contributed by atoms with E-state index in [-0.39, 0.29) is 12.5 Å². The summed E-state index contributed by atoms with van der Waals surface area (Å²) in [6.45, 7) is 0.368. The fourth-order valence-electron chi connectivity index (χ4n) is 3.12. The Labute approximate surface area is 205 Å². The van der Waals surface area contributed by atoms with Gasteiger partial charge >= 0.3 is 0 Å². The SMILES string of the molecule is CN(CCOc1cccc2ncnc(Nc3ccc(OCc4cscn4)c(Cl)c3)c12)C(=O)CO. The van der Waals surface area contributed by atoms with E-state index in [0.29, 0.717) is 52.1 Å². The number of halogens is 1. The number of carbonyl (C=O) groups is 1. The quantitative estimate of drug-likeness (QED) is 0.338. The number of benzene rings is 2. The molecule has 2 aromatic carbocycles. The van der Waals surface area contributed by atoms with Crippen LogP contribution in [0, 0.1) is 0 Å². The summed E-state index contributed by atoms with van der Waals surface area (Å²) < 4.78 is 11.7. The molecule has 0 unspecified atom stereocenters. The Morgan fingerprint density at radius 3 is 2.82 bits per heavy atom. The van der Waals surface area contributed by atoms with Gasteiger partial charge in [-0.15, -0.1) is 11.3 Å². The molecule has 2 heterocycles. The molecule has 34 heavy (non-hydrogen) atoms. The summed E-state index contributed by atoms with van der Waals surface area (Å²) >= 11 is 7.94. The monoisotopic (exact) mass is 499 g/mol. The topological polar surface area (TPSA) is 110 Å². The van der Waals surface area contributed by atoms with Crippen LogP contribution in [0.1, 0.15) is 5.69 Å². The fourth-order valence-corrected chi connectivity index (χ4v) is 3.90. The highest BCUT2D eigenvalue weighted by Crippen LogP contribution is 2.34. The van der Waals surface area contributed by atoms with Gasteiger partial charge in [-0.1, -0.05) is 17.7 Å². The average molecular weight is 500 g/mol. The third kappa shape index (κ3) is 5.71. The third-order valence-electron chi connectivity index (χ3n) is 4.92. The summed E-state index contributed by atoms with van der Waals surface area (Å²) in [5.41, 5.74) is 4.01. The minimum atomic E-state index is -0.538. The Bertz CT molecular complexity index is 1270. The van der Waals surface area contributed by atoms with Crippen LogP contribution < -0.4 is 14.8 Å². The number of rotatable bonds is 10. The molecule has 176 valence electrons. The van der Waals surface area contributed by atoms with E-state index < -0.39 is 6.61 Å². The summed E-state index contributed by atoms with van der Waals surface area (Å²) in [6.07, 6.45) is 1.47. The van der Waals surface area contributed by atoms with Gasteiger partial charge in [0, 0.05) is 18.1 Å². The first-order chi connectivity index (χ1) is 16.5. The van der Waals surface area contributed by atoms with Crippen LogP contribution >= 0.6 is 22.9 Å². The lowest BCUT2D eigenvalue weighted by Crippen LogP contribution is -2.32.